The van der Waals surface area contributed by atoms with Crippen LogP contribution in [0, 0.1) is 0 Å². The van der Waals surface area contributed by atoms with Crippen LogP contribution in [0.1, 0.15) is 6.92 Å². The van der Waals surface area contributed by atoms with Crippen molar-refractivity contribution < 1.29 is 18.1 Å². The molecule has 0 aromatic heterocycles. The Kier molecular flexibility index (Phi) is 4.05. The van der Waals surface area contributed by atoms with Crippen molar-refractivity contribution in [3.05, 3.63) is 0 Å². The number of rotatable bonds is 3. The summed E-state index contributed by atoms with van der Waals surface area (Å²) >= 11 is 4.52. The Morgan fingerprint density at radius 1 is 1.40 bits per heavy atom. The Labute approximate surface area is 65.1 Å². The van der Waals surface area contributed by atoms with Crippen LogP contribution in [0.3, 0.4) is 0 Å². The largest absolute Gasteiger partial charge is 0.530 e. The van der Waals surface area contributed by atoms with Gasteiger partial charge < -0.3 is 4.52 Å². The second-order valence-corrected chi connectivity index (χ2v) is 3.78. The molecule has 0 radical (unpaired) electrons. The molecule has 10 heavy (non-hydrogen) atoms. The first-order chi connectivity index (χ1) is 4.54. The molecule has 0 atom stereocenters. The molecule has 0 aliphatic carbocycles. The van der Waals surface area contributed by atoms with E-state index in [1.165, 1.54) is 21.1 Å². The lowest BCUT2D eigenvalue weighted by molar-refractivity contribution is 0.209. The first-order valence-corrected chi connectivity index (χ1v) is 4.32. The summed E-state index contributed by atoms with van der Waals surface area (Å²) in [6.45, 7) is 1.49. The highest BCUT2D eigenvalue weighted by molar-refractivity contribution is 7.80. The second-order valence-electron chi connectivity index (χ2n) is 1.40. The van der Waals surface area contributed by atoms with E-state index in [4.69, 9.17) is 0 Å². The molecular formula is C4H9O4PS. The average molecular weight is 184 g/mol. The lowest BCUT2D eigenvalue weighted by atomic mass is 10.9. The van der Waals surface area contributed by atoms with Gasteiger partial charge in [-0.2, -0.15) is 0 Å². The highest BCUT2D eigenvalue weighted by Gasteiger charge is 2.24. The Balaban J connectivity index is 4.07. The minimum Gasteiger partial charge on any atom is -0.397 e. The minimum absolute atomic E-state index is 0.132. The molecule has 6 heteroatoms. The van der Waals surface area contributed by atoms with E-state index < -0.39 is 7.82 Å². The molecule has 0 N–H and O–H groups in total. The van der Waals surface area contributed by atoms with Gasteiger partial charge in [-0.25, -0.2) is 4.57 Å². The van der Waals surface area contributed by atoms with Gasteiger partial charge in [-0.05, 0) is 12.2 Å². The lowest BCUT2D eigenvalue weighted by Gasteiger charge is -2.11. The quantitative estimate of drug-likeness (QED) is 0.494. The van der Waals surface area contributed by atoms with Crippen LogP contribution in [-0.4, -0.2) is 19.3 Å². The third-order valence-corrected chi connectivity index (χ3v) is 2.29. The van der Waals surface area contributed by atoms with Crippen LogP contribution in [0.4, 0.5) is 0 Å². The number of thiocarbonyl (C=S) groups is 1. The van der Waals surface area contributed by atoms with Crippen molar-refractivity contribution in [2.45, 2.75) is 6.92 Å². The molecule has 0 rings (SSSR count). The molecule has 0 fully saturated rings. The minimum atomic E-state index is -3.38. The fraction of sp³-hybridized carbons (Fsp3) is 0.750. The molecule has 4 nitrogen and oxygen atoms in total. The predicted molar refractivity (Wildman–Crippen MR) is 41.0 cm³/mol. The number of phosphoric ester groups is 1. The molecule has 0 amide bonds. The number of hydrogen-bond donors (Lipinski definition) is 0. The van der Waals surface area contributed by atoms with E-state index in [-0.39, 0.29) is 5.05 Å². The molecule has 0 saturated heterocycles. The summed E-state index contributed by atoms with van der Waals surface area (Å²) in [6.07, 6.45) is 0. The summed E-state index contributed by atoms with van der Waals surface area (Å²) in [4.78, 5) is 0. The molecule has 60 valence electrons. The molecule has 0 unspecified atom stereocenters. The van der Waals surface area contributed by atoms with Crippen LogP contribution in [0.2, 0.25) is 0 Å². The maximum atomic E-state index is 11.0. The van der Waals surface area contributed by atoms with Crippen LogP contribution < -0.4 is 0 Å². The normalized spacial score (nSPS) is 11.1. The second kappa shape index (κ2) is 4.03. The standard InChI is InChI=1S/C4H9O4PS/c1-4(10)8-9(5,6-2)7-3/h1-3H3. The zero-order valence-electron chi connectivity index (χ0n) is 5.99. The third kappa shape index (κ3) is 3.27. The Bertz CT molecular complexity index is 161. The number of hydrogen-bond acceptors (Lipinski definition) is 5. The summed E-state index contributed by atoms with van der Waals surface area (Å²) in [5, 5.41) is 0.132. The monoisotopic (exact) mass is 184 g/mol. The van der Waals surface area contributed by atoms with Crippen molar-refractivity contribution >= 4 is 25.1 Å². The summed E-state index contributed by atoms with van der Waals surface area (Å²) in [7, 11) is -0.929. The fourth-order valence-electron chi connectivity index (χ4n) is 0.307. The Hall–Kier alpha value is 0.0400. The molecule has 0 aliphatic rings. The molecule has 0 saturated carbocycles. The van der Waals surface area contributed by atoms with E-state index in [2.05, 4.69) is 25.8 Å². The lowest BCUT2D eigenvalue weighted by Crippen LogP contribution is -1.97. The van der Waals surface area contributed by atoms with Crippen molar-refractivity contribution in [2.24, 2.45) is 0 Å². The van der Waals surface area contributed by atoms with E-state index in [0.29, 0.717) is 0 Å². The van der Waals surface area contributed by atoms with Crippen LogP contribution in [-0.2, 0) is 18.1 Å². The van der Waals surface area contributed by atoms with Gasteiger partial charge in [-0.3, -0.25) is 9.05 Å². The van der Waals surface area contributed by atoms with E-state index >= 15 is 0 Å². The van der Waals surface area contributed by atoms with Crippen LogP contribution in [0.5, 0.6) is 0 Å². The Morgan fingerprint density at radius 2 is 1.80 bits per heavy atom. The van der Waals surface area contributed by atoms with Crippen molar-refractivity contribution in [3.8, 4) is 0 Å². The van der Waals surface area contributed by atoms with Crippen LogP contribution >= 0.6 is 20.0 Å². The average Bonchev–Trinajstić information content (AvgIpc) is 1.87. The van der Waals surface area contributed by atoms with Crippen molar-refractivity contribution in [1.29, 1.82) is 0 Å². The summed E-state index contributed by atoms with van der Waals surface area (Å²) in [6, 6.07) is 0. The van der Waals surface area contributed by atoms with E-state index in [1.807, 2.05) is 0 Å². The van der Waals surface area contributed by atoms with E-state index in [0.717, 1.165) is 0 Å². The highest BCUT2D eigenvalue weighted by Crippen LogP contribution is 2.47. The molecule has 0 aliphatic heterocycles. The smallest absolute Gasteiger partial charge is 0.397 e. The highest BCUT2D eigenvalue weighted by atomic mass is 32.1. The SMILES string of the molecule is COP(=O)(OC)OC(C)=S. The molecule has 0 spiro atoms. The number of phosphoric acid groups is 1. The maximum Gasteiger partial charge on any atom is 0.530 e. The maximum absolute atomic E-state index is 11.0. The first kappa shape index (κ1) is 10.0. The molecule has 0 heterocycles. The topological polar surface area (TPSA) is 44.8 Å². The van der Waals surface area contributed by atoms with Gasteiger partial charge in [0.2, 0.25) is 0 Å². The van der Waals surface area contributed by atoms with Crippen LogP contribution in [0.15, 0.2) is 0 Å². The molecule has 0 bridgehead atoms. The molecule has 0 aromatic carbocycles. The first-order valence-electron chi connectivity index (χ1n) is 2.46. The fourth-order valence-corrected chi connectivity index (χ4v) is 1.19. The van der Waals surface area contributed by atoms with Gasteiger partial charge in [0.05, 0.1) is 0 Å². The van der Waals surface area contributed by atoms with Crippen molar-refractivity contribution in [3.63, 3.8) is 0 Å². The van der Waals surface area contributed by atoms with Gasteiger partial charge in [-0.1, -0.05) is 0 Å². The zero-order chi connectivity index (χ0) is 8.20. The van der Waals surface area contributed by atoms with Crippen LogP contribution in [0.25, 0.3) is 0 Å². The zero-order valence-corrected chi connectivity index (χ0v) is 7.70. The van der Waals surface area contributed by atoms with E-state index in [1.54, 1.807) is 0 Å². The summed E-state index contributed by atoms with van der Waals surface area (Å²) in [5.41, 5.74) is 0. The molecule has 0 aromatic rings. The Morgan fingerprint density at radius 3 is 1.90 bits per heavy atom. The van der Waals surface area contributed by atoms with Crippen molar-refractivity contribution in [2.75, 3.05) is 14.2 Å². The van der Waals surface area contributed by atoms with Gasteiger partial charge >= 0.3 is 7.82 Å². The third-order valence-electron chi connectivity index (χ3n) is 0.688. The molecular weight excluding hydrogens is 175 g/mol. The van der Waals surface area contributed by atoms with E-state index in [9.17, 15) is 4.57 Å². The summed E-state index contributed by atoms with van der Waals surface area (Å²) in [5.74, 6) is 0. The predicted octanol–water partition coefficient (Wildman–Crippen LogP) is 1.75. The van der Waals surface area contributed by atoms with Gasteiger partial charge in [0.1, 0.15) is 0 Å². The van der Waals surface area contributed by atoms with Crippen molar-refractivity contribution in [1.82, 2.24) is 0 Å². The van der Waals surface area contributed by atoms with Gasteiger partial charge in [0, 0.05) is 21.1 Å². The van der Waals surface area contributed by atoms with Gasteiger partial charge in [0.25, 0.3) is 0 Å². The summed E-state index contributed by atoms with van der Waals surface area (Å²) < 4.78 is 24.4. The van der Waals surface area contributed by atoms with Gasteiger partial charge in [0.15, 0.2) is 5.05 Å². The van der Waals surface area contributed by atoms with Gasteiger partial charge in [-0.15, -0.1) is 0 Å².